The average molecular weight is 593 g/mol. The molecule has 0 atom stereocenters. The van der Waals surface area contributed by atoms with Crippen LogP contribution in [-0.4, -0.2) is 0 Å². The quantitative estimate of drug-likeness (QED) is 0.175. The fourth-order valence-corrected chi connectivity index (χ4v) is 9.62. The number of rotatable bonds is 2. The smallest absolute Gasteiger partial charge is 0.0362 e. The molecule has 2 heterocycles. The van der Waals surface area contributed by atoms with Crippen LogP contribution in [-0.2, 0) is 0 Å². The van der Waals surface area contributed by atoms with Crippen LogP contribution in [0.15, 0.2) is 146 Å². The minimum Gasteiger partial charge on any atom is -0.135 e. The number of fused-ring (bicyclic) bond motifs is 10. The number of thiophene rings is 2. The van der Waals surface area contributed by atoms with Crippen molar-refractivity contribution in [2.45, 2.75) is 0 Å². The topological polar surface area (TPSA) is 0 Å². The first-order valence-corrected chi connectivity index (χ1v) is 16.7. The summed E-state index contributed by atoms with van der Waals surface area (Å²) in [6.45, 7) is 0. The largest absolute Gasteiger partial charge is 0.135 e. The van der Waals surface area contributed by atoms with E-state index in [9.17, 15) is 0 Å². The molecule has 0 unspecified atom stereocenters. The number of hydrogen-bond donors (Lipinski definition) is 0. The van der Waals surface area contributed by atoms with Crippen LogP contribution in [0.5, 0.6) is 0 Å². The standard InChI is InChI=1S/C42H24S2/c1-2-12-27-25(10-1)11-9-18-28(27)40-31-15-5-3-13-29(31)39(30-14-4-6-16-32(30)40)26-20-21-36-34(24-26)42-38(44-36)23-22-37-41(42)33-17-7-8-19-35(33)43-37/h1-24H. The van der Waals surface area contributed by atoms with Gasteiger partial charge in [0.2, 0.25) is 0 Å². The summed E-state index contributed by atoms with van der Waals surface area (Å²) in [4.78, 5) is 0. The van der Waals surface area contributed by atoms with E-state index in [-0.39, 0.29) is 0 Å². The van der Waals surface area contributed by atoms with Crippen LogP contribution < -0.4 is 0 Å². The SMILES string of the molecule is c1ccc2c(-c3c4ccccc4c(-c4ccc5sc6ccc7sc8ccccc8c7c6c5c4)c4ccccc34)cccc2c1. The van der Waals surface area contributed by atoms with Crippen molar-refractivity contribution in [1.29, 1.82) is 0 Å². The Bertz CT molecular complexity index is 2710. The second kappa shape index (κ2) is 9.24. The highest BCUT2D eigenvalue weighted by atomic mass is 32.1. The van der Waals surface area contributed by atoms with E-state index >= 15 is 0 Å². The van der Waals surface area contributed by atoms with Gasteiger partial charge in [-0.15, -0.1) is 22.7 Å². The molecule has 0 aliphatic carbocycles. The molecule has 0 aliphatic heterocycles. The maximum absolute atomic E-state index is 2.46. The van der Waals surface area contributed by atoms with Gasteiger partial charge in [-0.25, -0.2) is 0 Å². The Labute approximate surface area is 262 Å². The number of benzene rings is 8. The molecule has 8 aromatic carbocycles. The minimum absolute atomic E-state index is 1.27. The average Bonchev–Trinajstić information content (AvgIpc) is 3.64. The highest BCUT2D eigenvalue weighted by Crippen LogP contribution is 2.48. The van der Waals surface area contributed by atoms with Crippen molar-refractivity contribution in [3.05, 3.63) is 146 Å². The first-order chi connectivity index (χ1) is 21.8. The molecule has 0 nitrogen and oxygen atoms in total. The monoisotopic (exact) mass is 592 g/mol. The van der Waals surface area contributed by atoms with Crippen molar-refractivity contribution in [2.24, 2.45) is 0 Å². The van der Waals surface area contributed by atoms with Crippen LogP contribution in [0.3, 0.4) is 0 Å². The van der Waals surface area contributed by atoms with Crippen LogP contribution in [0.2, 0.25) is 0 Å². The summed E-state index contributed by atoms with van der Waals surface area (Å²) in [5.74, 6) is 0. The van der Waals surface area contributed by atoms with E-state index in [0.29, 0.717) is 0 Å². The Morgan fingerprint density at radius 1 is 0.318 bits per heavy atom. The van der Waals surface area contributed by atoms with E-state index < -0.39 is 0 Å². The Morgan fingerprint density at radius 2 is 0.818 bits per heavy atom. The Kier molecular flexibility index (Phi) is 5.13. The Balaban J connectivity index is 1.33. The van der Waals surface area contributed by atoms with Gasteiger partial charge >= 0.3 is 0 Å². The van der Waals surface area contributed by atoms with Crippen LogP contribution in [0.4, 0.5) is 0 Å². The van der Waals surface area contributed by atoms with Crippen LogP contribution in [0.25, 0.3) is 94.9 Å². The van der Waals surface area contributed by atoms with Crippen molar-refractivity contribution < 1.29 is 0 Å². The molecular formula is C42H24S2. The van der Waals surface area contributed by atoms with Gasteiger partial charge in [0.1, 0.15) is 0 Å². The summed E-state index contributed by atoms with van der Waals surface area (Å²) in [5.41, 5.74) is 5.17. The van der Waals surface area contributed by atoms with E-state index in [1.54, 1.807) is 0 Å². The summed E-state index contributed by atoms with van der Waals surface area (Å²) in [5, 5.41) is 13.2. The molecule has 0 radical (unpaired) electrons. The lowest BCUT2D eigenvalue weighted by Crippen LogP contribution is -1.91. The van der Waals surface area contributed by atoms with Gasteiger partial charge in [-0.2, -0.15) is 0 Å². The van der Waals surface area contributed by atoms with Crippen molar-refractivity contribution >= 4 is 95.3 Å². The van der Waals surface area contributed by atoms with Crippen molar-refractivity contribution in [2.75, 3.05) is 0 Å². The molecule has 0 spiro atoms. The van der Waals surface area contributed by atoms with Crippen molar-refractivity contribution in [3.63, 3.8) is 0 Å². The molecule has 2 aromatic heterocycles. The highest BCUT2D eigenvalue weighted by molar-refractivity contribution is 7.28. The predicted octanol–water partition coefficient (Wildman–Crippen LogP) is 13.2. The van der Waals surface area contributed by atoms with Gasteiger partial charge in [-0.3, -0.25) is 0 Å². The van der Waals surface area contributed by atoms with E-state index in [2.05, 4.69) is 146 Å². The molecule has 10 rings (SSSR count). The van der Waals surface area contributed by atoms with Crippen LogP contribution >= 0.6 is 22.7 Å². The molecule has 2 heteroatoms. The zero-order chi connectivity index (χ0) is 28.8. The number of hydrogen-bond acceptors (Lipinski definition) is 2. The fourth-order valence-electron chi connectivity index (χ4n) is 7.41. The van der Waals surface area contributed by atoms with Gasteiger partial charge in [0.05, 0.1) is 0 Å². The predicted molar refractivity (Wildman–Crippen MR) is 196 cm³/mol. The molecule has 0 saturated heterocycles. The fraction of sp³-hybridized carbons (Fsp3) is 0. The lowest BCUT2D eigenvalue weighted by molar-refractivity contribution is 1.69. The molecule has 204 valence electrons. The zero-order valence-corrected chi connectivity index (χ0v) is 25.3. The summed E-state index contributed by atoms with van der Waals surface area (Å²) < 4.78 is 5.41. The molecular weight excluding hydrogens is 569 g/mol. The minimum atomic E-state index is 1.27. The third-order valence-corrected chi connectivity index (χ3v) is 11.5. The van der Waals surface area contributed by atoms with E-state index in [1.165, 1.54) is 94.9 Å². The van der Waals surface area contributed by atoms with E-state index in [1.807, 2.05) is 22.7 Å². The van der Waals surface area contributed by atoms with E-state index in [4.69, 9.17) is 0 Å². The zero-order valence-electron chi connectivity index (χ0n) is 23.7. The van der Waals surface area contributed by atoms with Gasteiger partial charge in [-0.05, 0) is 84.9 Å². The third kappa shape index (κ3) is 3.38. The molecule has 0 saturated carbocycles. The molecule has 0 N–H and O–H groups in total. The third-order valence-electron chi connectivity index (χ3n) is 9.25. The van der Waals surface area contributed by atoms with Gasteiger partial charge in [0, 0.05) is 40.3 Å². The van der Waals surface area contributed by atoms with Gasteiger partial charge in [0.15, 0.2) is 0 Å². The van der Waals surface area contributed by atoms with E-state index in [0.717, 1.165) is 0 Å². The van der Waals surface area contributed by atoms with Crippen molar-refractivity contribution in [1.82, 2.24) is 0 Å². The molecule has 10 aromatic rings. The molecule has 0 amide bonds. The van der Waals surface area contributed by atoms with Gasteiger partial charge in [0.25, 0.3) is 0 Å². The molecule has 44 heavy (non-hydrogen) atoms. The van der Waals surface area contributed by atoms with Crippen LogP contribution in [0.1, 0.15) is 0 Å². The summed E-state index contributed by atoms with van der Waals surface area (Å²) >= 11 is 3.80. The lowest BCUT2D eigenvalue weighted by atomic mass is 9.84. The molecule has 0 bridgehead atoms. The Hall–Kier alpha value is -5.02. The molecule has 0 fully saturated rings. The second-order valence-electron chi connectivity index (χ2n) is 11.6. The first kappa shape index (κ1) is 24.4. The maximum atomic E-state index is 2.46. The lowest BCUT2D eigenvalue weighted by Gasteiger charge is -2.19. The van der Waals surface area contributed by atoms with Crippen molar-refractivity contribution in [3.8, 4) is 22.3 Å². The van der Waals surface area contributed by atoms with Gasteiger partial charge in [-0.1, -0.05) is 115 Å². The Morgan fingerprint density at radius 3 is 1.52 bits per heavy atom. The summed E-state index contributed by atoms with van der Waals surface area (Å²) in [6, 6.07) is 54.1. The summed E-state index contributed by atoms with van der Waals surface area (Å²) in [6.07, 6.45) is 0. The first-order valence-electron chi connectivity index (χ1n) is 15.0. The second-order valence-corrected chi connectivity index (χ2v) is 13.8. The molecule has 0 aliphatic rings. The normalized spacial score (nSPS) is 12.1. The summed E-state index contributed by atoms with van der Waals surface area (Å²) in [7, 11) is 0. The van der Waals surface area contributed by atoms with Crippen LogP contribution in [0, 0.1) is 0 Å². The maximum Gasteiger partial charge on any atom is 0.0362 e. The van der Waals surface area contributed by atoms with Gasteiger partial charge < -0.3 is 0 Å². The highest BCUT2D eigenvalue weighted by Gasteiger charge is 2.19.